The minimum Gasteiger partial charge on any atom is -0.444 e. The van der Waals surface area contributed by atoms with E-state index in [0.717, 1.165) is 87.6 Å². The summed E-state index contributed by atoms with van der Waals surface area (Å²) in [6.07, 6.45) is 6.32. The number of piperazine rings is 1. The van der Waals surface area contributed by atoms with E-state index in [4.69, 9.17) is 9.72 Å². The summed E-state index contributed by atoms with van der Waals surface area (Å²) < 4.78 is 21.4. The Hall–Kier alpha value is -4.03. The van der Waals surface area contributed by atoms with Crippen LogP contribution in [0.2, 0.25) is 0 Å². The molecule has 2 N–H and O–H groups in total. The van der Waals surface area contributed by atoms with E-state index in [9.17, 15) is 23.9 Å². The summed E-state index contributed by atoms with van der Waals surface area (Å²) in [5.41, 5.74) is 1.98. The van der Waals surface area contributed by atoms with Crippen molar-refractivity contribution in [3.8, 4) is 0 Å². The number of imidazole rings is 1. The van der Waals surface area contributed by atoms with Gasteiger partial charge in [0.2, 0.25) is 11.9 Å². The van der Waals surface area contributed by atoms with Crippen LogP contribution < -0.4 is 5.32 Å². The average Bonchev–Trinajstić information content (AvgIpc) is 3.59. The molecule has 1 saturated carbocycles. The second-order valence-electron chi connectivity index (χ2n) is 17.3. The van der Waals surface area contributed by atoms with E-state index in [1.807, 2.05) is 40.7 Å². The van der Waals surface area contributed by atoms with Crippen molar-refractivity contribution in [2.24, 2.45) is 11.8 Å². The van der Waals surface area contributed by atoms with Crippen LogP contribution in [-0.2, 0) is 16.1 Å². The third-order valence-corrected chi connectivity index (χ3v) is 11.9. The van der Waals surface area contributed by atoms with Gasteiger partial charge < -0.3 is 24.2 Å². The maximum atomic E-state index is 14.1. The first-order chi connectivity index (χ1) is 25.1. The lowest BCUT2D eigenvalue weighted by Crippen LogP contribution is -2.59. The Bertz CT molecular complexity index is 1800. The lowest BCUT2D eigenvalue weighted by molar-refractivity contribution is -0.142. The molecule has 1 aromatic heterocycles. The van der Waals surface area contributed by atoms with Gasteiger partial charge in [0.05, 0.1) is 16.6 Å². The molecule has 11 nitrogen and oxygen atoms in total. The molecule has 4 aliphatic rings. The van der Waals surface area contributed by atoms with E-state index in [2.05, 4.69) is 31.8 Å². The molecule has 2 aromatic carbocycles. The van der Waals surface area contributed by atoms with Gasteiger partial charge in [-0.1, -0.05) is 6.07 Å². The van der Waals surface area contributed by atoms with Crippen LogP contribution in [0.4, 0.5) is 15.1 Å². The molecule has 3 aliphatic heterocycles. The van der Waals surface area contributed by atoms with Crippen LogP contribution in [0.25, 0.3) is 11.0 Å². The van der Waals surface area contributed by atoms with E-state index < -0.39 is 17.0 Å². The summed E-state index contributed by atoms with van der Waals surface area (Å²) >= 11 is 0. The average molecular weight is 731 g/mol. The number of hydrogen-bond donors (Lipinski definition) is 2. The van der Waals surface area contributed by atoms with Crippen LogP contribution >= 0.6 is 0 Å². The van der Waals surface area contributed by atoms with Gasteiger partial charge in [-0.05, 0) is 147 Å². The maximum absolute atomic E-state index is 14.1. The molecule has 7 rings (SSSR count). The first kappa shape index (κ1) is 37.3. The zero-order chi connectivity index (χ0) is 37.7. The van der Waals surface area contributed by atoms with Crippen LogP contribution in [0.5, 0.6) is 0 Å². The molecule has 3 saturated heterocycles. The van der Waals surface area contributed by atoms with Gasteiger partial charge in [-0.2, -0.15) is 0 Å². The van der Waals surface area contributed by atoms with E-state index in [-0.39, 0.29) is 47.9 Å². The van der Waals surface area contributed by atoms with Crippen LogP contribution in [0.1, 0.15) is 108 Å². The molecule has 3 aromatic rings. The number of nitrogens with zero attached hydrogens (tertiary/aromatic N) is 5. The van der Waals surface area contributed by atoms with Crippen LogP contribution in [0.15, 0.2) is 42.5 Å². The third-order valence-electron chi connectivity index (χ3n) is 11.9. The molecule has 0 radical (unpaired) electrons. The number of piperidine rings is 1. The highest BCUT2D eigenvalue weighted by molar-refractivity contribution is 6.04. The molecule has 2 unspecified atom stereocenters. The second-order valence-corrected chi connectivity index (χ2v) is 17.3. The van der Waals surface area contributed by atoms with Crippen LogP contribution in [0.3, 0.4) is 0 Å². The number of amides is 3. The Morgan fingerprint density at radius 2 is 1.49 bits per heavy atom. The van der Waals surface area contributed by atoms with Crippen molar-refractivity contribution in [2.75, 3.05) is 31.5 Å². The molecule has 12 heteroatoms. The summed E-state index contributed by atoms with van der Waals surface area (Å²) in [5, 5.41) is 13.5. The van der Waals surface area contributed by atoms with Crippen LogP contribution in [0, 0.1) is 17.7 Å². The zero-order valence-corrected chi connectivity index (χ0v) is 31.8. The van der Waals surface area contributed by atoms with Crippen molar-refractivity contribution in [3.05, 3.63) is 59.4 Å². The highest BCUT2D eigenvalue weighted by Crippen LogP contribution is 2.40. The summed E-state index contributed by atoms with van der Waals surface area (Å²) in [6, 6.07) is 11.8. The quantitative estimate of drug-likeness (QED) is 0.276. The van der Waals surface area contributed by atoms with Gasteiger partial charge in [0, 0.05) is 49.2 Å². The predicted octanol–water partition coefficient (Wildman–Crippen LogP) is 6.75. The van der Waals surface area contributed by atoms with Crippen molar-refractivity contribution < 1.29 is 28.6 Å². The number of benzene rings is 2. The molecule has 0 spiro atoms. The van der Waals surface area contributed by atoms with Crippen molar-refractivity contribution >= 4 is 34.9 Å². The lowest BCUT2D eigenvalue weighted by atomic mass is 9.83. The van der Waals surface area contributed by atoms with E-state index in [0.29, 0.717) is 24.6 Å². The zero-order valence-electron chi connectivity index (χ0n) is 31.8. The number of rotatable bonds is 7. The number of aliphatic hydroxyl groups is 1. The Kier molecular flexibility index (Phi) is 10.3. The Balaban J connectivity index is 1.07. The summed E-state index contributed by atoms with van der Waals surface area (Å²) in [5.74, 6) is 0.0567. The normalized spacial score (nSPS) is 24.4. The minimum absolute atomic E-state index is 0.0108. The van der Waals surface area contributed by atoms with Gasteiger partial charge in [-0.3, -0.25) is 19.8 Å². The minimum atomic E-state index is -0.674. The van der Waals surface area contributed by atoms with Crippen molar-refractivity contribution in [1.82, 2.24) is 24.3 Å². The van der Waals surface area contributed by atoms with Crippen LogP contribution in [-0.4, -0.2) is 96.7 Å². The lowest BCUT2D eigenvalue weighted by Gasteiger charge is -2.43. The summed E-state index contributed by atoms with van der Waals surface area (Å²) in [4.78, 5) is 51.5. The van der Waals surface area contributed by atoms with Gasteiger partial charge in [-0.15, -0.1) is 0 Å². The van der Waals surface area contributed by atoms with E-state index in [1.165, 1.54) is 24.3 Å². The van der Waals surface area contributed by atoms with Gasteiger partial charge in [0.15, 0.2) is 0 Å². The summed E-state index contributed by atoms with van der Waals surface area (Å²) in [7, 11) is 0. The third kappa shape index (κ3) is 8.23. The van der Waals surface area contributed by atoms with Gasteiger partial charge in [0.25, 0.3) is 5.91 Å². The SMILES string of the molecule is CC(C)(C)OC(=O)N1CC2CCC(C1)N2C(=O)C1CCC(n2c(NC(=O)c3ccc(F)cc3)nc3ccc(CN4CCC(C(C)(C)O)CC4)cc32)CC1. The smallest absolute Gasteiger partial charge is 0.410 e. The van der Waals surface area contributed by atoms with Gasteiger partial charge in [-0.25, -0.2) is 14.2 Å². The largest absolute Gasteiger partial charge is 0.444 e. The predicted molar refractivity (Wildman–Crippen MR) is 201 cm³/mol. The van der Waals surface area contributed by atoms with Crippen molar-refractivity contribution in [1.29, 1.82) is 0 Å². The molecule has 286 valence electrons. The molecule has 53 heavy (non-hydrogen) atoms. The maximum Gasteiger partial charge on any atom is 0.410 e. The van der Waals surface area contributed by atoms with Crippen molar-refractivity contribution in [2.45, 2.75) is 122 Å². The number of hydrogen-bond acceptors (Lipinski definition) is 7. The van der Waals surface area contributed by atoms with Gasteiger partial charge >= 0.3 is 6.09 Å². The van der Waals surface area contributed by atoms with E-state index in [1.54, 1.807) is 4.90 Å². The fourth-order valence-electron chi connectivity index (χ4n) is 9.06. The highest BCUT2D eigenvalue weighted by atomic mass is 19.1. The molecular weight excluding hydrogens is 675 g/mol. The summed E-state index contributed by atoms with van der Waals surface area (Å²) in [6.45, 7) is 13.0. The van der Waals surface area contributed by atoms with E-state index >= 15 is 0 Å². The number of ether oxygens (including phenoxy) is 1. The molecule has 1 aliphatic carbocycles. The first-order valence-corrected chi connectivity index (χ1v) is 19.5. The number of aromatic nitrogens is 2. The number of halogens is 1. The Morgan fingerprint density at radius 3 is 2.09 bits per heavy atom. The first-order valence-electron chi connectivity index (χ1n) is 19.5. The number of carbonyl (C=O) groups excluding carboxylic acids is 3. The molecule has 4 fully saturated rings. The molecule has 3 amide bonds. The molecule has 4 heterocycles. The number of carbonyl (C=O) groups is 3. The molecule has 2 bridgehead atoms. The highest BCUT2D eigenvalue weighted by Gasteiger charge is 2.46. The monoisotopic (exact) mass is 730 g/mol. The Morgan fingerprint density at radius 1 is 0.868 bits per heavy atom. The fraction of sp³-hybridized carbons (Fsp3) is 0.610. The second kappa shape index (κ2) is 14.7. The number of nitrogens with one attached hydrogen (secondary N) is 1. The standard InChI is InChI=1S/C41H55FN6O5/c1-40(2,3)53-39(51)46-24-32-15-16-33(25-46)47(32)37(50)28-9-13-31(14-10-28)48-35-22-26(23-45-20-18-29(19-21-45)41(4,5)52)6-17-34(35)43-38(48)44-36(49)27-7-11-30(42)12-8-27/h6-8,11-12,17,22,28-29,31-33,52H,9-10,13-16,18-21,23-25H2,1-5H3,(H,43,44,49). The molecule has 2 atom stereocenters. The van der Waals surface area contributed by atoms with Gasteiger partial charge in [0.1, 0.15) is 11.4 Å². The number of anilines is 1. The fourth-order valence-corrected chi connectivity index (χ4v) is 9.06. The number of fused-ring (bicyclic) bond motifs is 3. The number of likely N-dealkylation sites (tertiary alicyclic amines) is 2. The topological polar surface area (TPSA) is 120 Å². The Labute approximate surface area is 311 Å². The molecular formula is C41H55FN6O5. The van der Waals surface area contributed by atoms with Crippen molar-refractivity contribution in [3.63, 3.8) is 0 Å².